The highest BCUT2D eigenvalue weighted by molar-refractivity contribution is 8.14. The lowest BCUT2D eigenvalue weighted by Gasteiger charge is -2.41. The van der Waals surface area contributed by atoms with Crippen LogP contribution in [0.5, 0.6) is 11.5 Å². The van der Waals surface area contributed by atoms with Gasteiger partial charge >= 0.3 is 6.09 Å². The van der Waals surface area contributed by atoms with Gasteiger partial charge in [0.25, 0.3) is 0 Å². The van der Waals surface area contributed by atoms with E-state index < -0.39 is 36.0 Å². The van der Waals surface area contributed by atoms with Gasteiger partial charge in [-0.05, 0) is 56.2 Å². The highest BCUT2D eigenvalue weighted by Crippen LogP contribution is 2.40. The Balaban J connectivity index is 1.57. The largest absolute Gasteiger partial charge is 0.497 e. The molecule has 1 saturated heterocycles. The van der Waals surface area contributed by atoms with Crippen LogP contribution in [0.15, 0.2) is 66.2 Å². The monoisotopic (exact) mass is 570 g/mol. The van der Waals surface area contributed by atoms with E-state index in [2.05, 4.69) is 6.58 Å². The van der Waals surface area contributed by atoms with E-state index in [1.165, 1.54) is 16.7 Å². The van der Waals surface area contributed by atoms with Gasteiger partial charge in [0.1, 0.15) is 46.9 Å². The molecular formula is C30H38N2O7S. The summed E-state index contributed by atoms with van der Waals surface area (Å²) in [5.41, 5.74) is 0.948. The minimum atomic E-state index is -0.628. The molecule has 5 atom stereocenters. The fraction of sp³-hybridized carbons (Fsp3) is 0.467. The lowest BCUT2D eigenvalue weighted by molar-refractivity contribution is -0.184. The van der Waals surface area contributed by atoms with Gasteiger partial charge < -0.3 is 28.4 Å². The Bertz CT molecular complexity index is 1180. The van der Waals surface area contributed by atoms with Gasteiger partial charge in [0.05, 0.1) is 27.4 Å². The molecule has 0 N–H and O–H groups in total. The van der Waals surface area contributed by atoms with Crippen LogP contribution >= 0.6 is 11.8 Å². The average molecular weight is 571 g/mol. The molecule has 2 heterocycles. The smallest absolute Gasteiger partial charge is 0.416 e. The van der Waals surface area contributed by atoms with E-state index in [4.69, 9.17) is 33.4 Å². The Hall–Kier alpha value is -3.05. The number of thioether (sulfide) groups is 1. The number of amidine groups is 1. The maximum absolute atomic E-state index is 12.8. The zero-order chi connectivity index (χ0) is 28.9. The molecule has 10 heteroatoms. The third-order valence-corrected chi connectivity index (χ3v) is 7.64. The number of carbonyl (C=O) groups is 1. The lowest BCUT2D eigenvalue weighted by atomic mass is 9.97. The predicted octanol–water partition coefficient (Wildman–Crippen LogP) is 5.42. The third kappa shape index (κ3) is 7.37. The number of aliphatic imine (C=N–C) groups is 1. The number of ether oxygens (including phenoxy) is 6. The fourth-order valence-corrected chi connectivity index (χ4v) is 5.48. The van der Waals surface area contributed by atoms with E-state index in [9.17, 15) is 4.79 Å². The number of methoxy groups -OCH3 is 2. The van der Waals surface area contributed by atoms with E-state index in [1.54, 1.807) is 27.3 Å². The van der Waals surface area contributed by atoms with Gasteiger partial charge in [-0.25, -0.2) is 4.79 Å². The maximum atomic E-state index is 12.8. The first-order chi connectivity index (χ1) is 19.1. The van der Waals surface area contributed by atoms with Gasteiger partial charge in [0.15, 0.2) is 5.17 Å². The summed E-state index contributed by atoms with van der Waals surface area (Å²) in [6.07, 6.45) is -0.168. The molecular weight excluding hydrogens is 532 g/mol. The van der Waals surface area contributed by atoms with Crippen LogP contribution in [0.4, 0.5) is 4.79 Å². The third-order valence-electron chi connectivity index (χ3n) is 6.42. The molecule has 2 aliphatic rings. The summed E-state index contributed by atoms with van der Waals surface area (Å²) >= 11 is 1.37. The van der Waals surface area contributed by atoms with Gasteiger partial charge in [-0.15, -0.1) is 6.58 Å². The highest BCUT2D eigenvalue weighted by Gasteiger charge is 2.51. The molecule has 0 bridgehead atoms. The first-order valence-electron chi connectivity index (χ1n) is 13.1. The summed E-state index contributed by atoms with van der Waals surface area (Å²) in [6.45, 7) is 10.2. The Morgan fingerprint density at radius 2 is 1.50 bits per heavy atom. The van der Waals surface area contributed by atoms with Gasteiger partial charge in [-0.3, -0.25) is 9.89 Å². The molecule has 0 radical (unpaired) electrons. The first kappa shape index (κ1) is 29.9. The van der Waals surface area contributed by atoms with Gasteiger partial charge in [0.2, 0.25) is 0 Å². The molecule has 1 amide bonds. The van der Waals surface area contributed by atoms with Crippen molar-refractivity contribution in [1.82, 2.24) is 4.90 Å². The van der Waals surface area contributed by atoms with E-state index in [0.29, 0.717) is 18.4 Å². The van der Waals surface area contributed by atoms with Crippen LogP contribution in [0.2, 0.25) is 0 Å². The van der Waals surface area contributed by atoms with Crippen molar-refractivity contribution in [1.29, 1.82) is 0 Å². The Morgan fingerprint density at radius 3 is 1.98 bits per heavy atom. The SMILES string of the molecule is C=C[C@H]1O[C@@H]2SC(N(C)C(=O)OC(C)(C)C)=N[C@@H]2[C@@H](OCc2ccc(OC)cc2)C1OCc1ccc(OC)cc1. The van der Waals surface area contributed by atoms with E-state index in [-0.39, 0.29) is 5.44 Å². The fourth-order valence-electron chi connectivity index (χ4n) is 4.32. The van der Waals surface area contributed by atoms with E-state index in [1.807, 2.05) is 69.3 Å². The quantitative estimate of drug-likeness (QED) is 0.369. The van der Waals surface area contributed by atoms with Crippen molar-refractivity contribution in [2.24, 2.45) is 4.99 Å². The second kappa shape index (κ2) is 13.1. The van der Waals surface area contributed by atoms with Gasteiger partial charge in [0, 0.05) is 7.05 Å². The van der Waals surface area contributed by atoms with Crippen molar-refractivity contribution in [3.63, 3.8) is 0 Å². The van der Waals surface area contributed by atoms with E-state index >= 15 is 0 Å². The summed E-state index contributed by atoms with van der Waals surface area (Å²) in [6, 6.07) is 15.0. The second-order valence-electron chi connectivity index (χ2n) is 10.5. The number of hydrogen-bond donors (Lipinski definition) is 0. The summed E-state index contributed by atoms with van der Waals surface area (Å²) in [5.74, 6) is 1.55. The average Bonchev–Trinajstić information content (AvgIpc) is 3.37. The molecule has 0 saturated carbocycles. The summed E-state index contributed by atoms with van der Waals surface area (Å²) in [4.78, 5) is 19.1. The minimum absolute atomic E-state index is 0.335. The number of hydrogen-bond acceptors (Lipinski definition) is 9. The topological polar surface area (TPSA) is 88.1 Å². The number of carbonyl (C=O) groups excluding carboxylic acids is 1. The molecule has 216 valence electrons. The van der Waals surface area contributed by atoms with Crippen LogP contribution in [-0.4, -0.2) is 72.8 Å². The molecule has 2 aromatic carbocycles. The van der Waals surface area contributed by atoms with Crippen molar-refractivity contribution < 1.29 is 33.2 Å². The van der Waals surface area contributed by atoms with Crippen molar-refractivity contribution in [3.8, 4) is 11.5 Å². The Kier molecular flexibility index (Phi) is 9.78. The molecule has 0 aromatic heterocycles. The number of amides is 1. The molecule has 4 rings (SSSR count). The zero-order valence-corrected chi connectivity index (χ0v) is 24.7. The first-order valence-corrected chi connectivity index (χ1v) is 14.0. The molecule has 2 aromatic rings. The highest BCUT2D eigenvalue weighted by atomic mass is 32.2. The van der Waals surface area contributed by atoms with Crippen molar-refractivity contribution in [3.05, 3.63) is 72.3 Å². The summed E-state index contributed by atoms with van der Waals surface area (Å²) in [7, 11) is 4.91. The number of rotatable bonds is 9. The Labute approximate surface area is 240 Å². The molecule has 40 heavy (non-hydrogen) atoms. The molecule has 1 unspecified atom stereocenters. The number of fused-ring (bicyclic) bond motifs is 1. The van der Waals surface area contributed by atoms with Crippen molar-refractivity contribution in [2.45, 2.75) is 69.4 Å². The van der Waals surface area contributed by atoms with Crippen LogP contribution in [0.3, 0.4) is 0 Å². The van der Waals surface area contributed by atoms with Crippen molar-refractivity contribution in [2.75, 3.05) is 21.3 Å². The molecule has 0 aliphatic carbocycles. The van der Waals surface area contributed by atoms with Gasteiger partial charge in [-0.2, -0.15) is 0 Å². The predicted molar refractivity (Wildman–Crippen MR) is 155 cm³/mol. The van der Waals surface area contributed by atoms with Crippen LogP contribution in [0, 0.1) is 0 Å². The Morgan fingerprint density at radius 1 is 0.975 bits per heavy atom. The maximum Gasteiger partial charge on any atom is 0.416 e. The van der Waals surface area contributed by atoms with E-state index in [0.717, 1.165) is 22.6 Å². The summed E-state index contributed by atoms with van der Waals surface area (Å²) < 4.78 is 35.4. The molecule has 0 spiro atoms. The second-order valence-corrected chi connectivity index (χ2v) is 11.6. The van der Waals surface area contributed by atoms with Crippen molar-refractivity contribution >= 4 is 23.0 Å². The number of nitrogens with zero attached hydrogens (tertiary/aromatic N) is 2. The standard InChI is InChI=1S/C30H38N2O7S/c1-8-23-25(36-17-19-9-13-21(34-6)14-10-19)26(37-18-20-11-15-22(35-7)16-12-20)24-27(38-23)40-28(31-24)32(5)29(33)39-30(2,3)4/h8-16,23-27H,1,17-18H2,2-7H3/t23-,24-,25?,26-,27-/m1/s1. The van der Waals surface area contributed by atoms with Crippen LogP contribution in [0.1, 0.15) is 31.9 Å². The number of benzene rings is 2. The zero-order valence-electron chi connectivity index (χ0n) is 23.9. The lowest BCUT2D eigenvalue weighted by Crippen LogP contribution is -2.56. The van der Waals surface area contributed by atoms with Crippen LogP contribution in [-0.2, 0) is 32.2 Å². The minimum Gasteiger partial charge on any atom is -0.497 e. The van der Waals surface area contributed by atoms with Crippen LogP contribution < -0.4 is 9.47 Å². The van der Waals surface area contributed by atoms with Gasteiger partial charge in [-0.1, -0.05) is 42.1 Å². The molecule has 2 aliphatic heterocycles. The normalized spacial score (nSPS) is 24.1. The van der Waals surface area contributed by atoms with Crippen LogP contribution in [0.25, 0.3) is 0 Å². The summed E-state index contributed by atoms with van der Waals surface area (Å²) in [5, 5.41) is 0.501. The molecule has 1 fully saturated rings. The molecule has 9 nitrogen and oxygen atoms in total.